The standard InChI is InChI=1S/C21H29BrN2O4S/c1-20(2)15-6-7-21(3,13-15)19(20)23-18(25)14-4-5-16(22)17(12-14)29(26,27)24-8-10-28-11-9-24/h4-5,12,15,19H,6-11,13H2,1-3H3,(H,23,25). The van der Waals surface area contributed by atoms with Crippen LogP contribution in [0.15, 0.2) is 27.6 Å². The highest BCUT2D eigenvalue weighted by molar-refractivity contribution is 9.10. The summed E-state index contributed by atoms with van der Waals surface area (Å²) >= 11 is 3.35. The van der Waals surface area contributed by atoms with Crippen molar-refractivity contribution < 1.29 is 17.9 Å². The van der Waals surface area contributed by atoms with Gasteiger partial charge in [-0.3, -0.25) is 4.79 Å². The summed E-state index contributed by atoms with van der Waals surface area (Å²) in [7, 11) is -3.69. The number of morpholine rings is 1. The van der Waals surface area contributed by atoms with Gasteiger partial charge in [0.2, 0.25) is 10.0 Å². The second-order valence-electron chi connectivity index (χ2n) is 9.48. The van der Waals surface area contributed by atoms with Crippen molar-refractivity contribution in [3.05, 3.63) is 28.2 Å². The lowest BCUT2D eigenvalue weighted by Crippen LogP contribution is -2.52. The van der Waals surface area contributed by atoms with Crippen molar-refractivity contribution >= 4 is 31.9 Å². The van der Waals surface area contributed by atoms with Gasteiger partial charge in [-0.25, -0.2) is 8.42 Å². The topological polar surface area (TPSA) is 75.7 Å². The Hall–Kier alpha value is -0.960. The van der Waals surface area contributed by atoms with E-state index in [0.717, 1.165) is 12.8 Å². The molecule has 0 aromatic heterocycles. The first-order valence-corrected chi connectivity index (χ1v) is 12.5. The summed E-state index contributed by atoms with van der Waals surface area (Å²) in [6, 6.07) is 4.91. The lowest BCUT2D eigenvalue weighted by Gasteiger charge is -2.43. The summed E-state index contributed by atoms with van der Waals surface area (Å²) in [5.74, 6) is 0.419. The summed E-state index contributed by atoms with van der Waals surface area (Å²) in [4.78, 5) is 13.2. The molecule has 2 saturated carbocycles. The minimum atomic E-state index is -3.69. The maximum Gasteiger partial charge on any atom is 0.251 e. The van der Waals surface area contributed by atoms with E-state index in [1.165, 1.54) is 16.8 Å². The molecule has 3 unspecified atom stereocenters. The van der Waals surface area contributed by atoms with E-state index in [2.05, 4.69) is 42.0 Å². The van der Waals surface area contributed by atoms with Crippen LogP contribution in [0.5, 0.6) is 0 Å². The van der Waals surface area contributed by atoms with Crippen molar-refractivity contribution in [2.24, 2.45) is 16.7 Å². The number of rotatable bonds is 4. The summed E-state index contributed by atoms with van der Waals surface area (Å²) in [6.07, 6.45) is 3.49. The van der Waals surface area contributed by atoms with Gasteiger partial charge in [-0.1, -0.05) is 20.8 Å². The number of sulfonamides is 1. The van der Waals surface area contributed by atoms with Crippen LogP contribution < -0.4 is 5.32 Å². The van der Waals surface area contributed by atoms with Crippen molar-refractivity contribution in [3.63, 3.8) is 0 Å². The van der Waals surface area contributed by atoms with Crippen LogP contribution in [0.2, 0.25) is 0 Å². The summed E-state index contributed by atoms with van der Waals surface area (Å²) in [5.41, 5.74) is 0.532. The van der Waals surface area contributed by atoms with Gasteiger partial charge in [-0.05, 0) is 70.1 Å². The molecular formula is C21H29BrN2O4S. The Labute approximate surface area is 181 Å². The fraction of sp³-hybridized carbons (Fsp3) is 0.667. The van der Waals surface area contributed by atoms with Crippen molar-refractivity contribution in [2.45, 2.75) is 51.0 Å². The van der Waals surface area contributed by atoms with Crippen LogP contribution in [0.3, 0.4) is 0 Å². The number of hydrogen-bond acceptors (Lipinski definition) is 4. The molecule has 1 aromatic carbocycles. The van der Waals surface area contributed by atoms with Crippen molar-refractivity contribution in [2.75, 3.05) is 26.3 Å². The third-order valence-electron chi connectivity index (χ3n) is 7.33. The largest absolute Gasteiger partial charge is 0.379 e. The third kappa shape index (κ3) is 3.56. The molecule has 0 radical (unpaired) electrons. The van der Waals surface area contributed by atoms with E-state index in [-0.39, 0.29) is 27.7 Å². The highest BCUT2D eigenvalue weighted by atomic mass is 79.9. The highest BCUT2D eigenvalue weighted by Crippen LogP contribution is 2.62. The molecule has 6 nitrogen and oxygen atoms in total. The van der Waals surface area contributed by atoms with Gasteiger partial charge < -0.3 is 10.1 Å². The van der Waals surface area contributed by atoms with Crippen molar-refractivity contribution in [1.82, 2.24) is 9.62 Å². The lowest BCUT2D eigenvalue weighted by molar-refractivity contribution is 0.0728. The van der Waals surface area contributed by atoms with E-state index in [0.29, 0.717) is 42.3 Å². The average molecular weight is 485 g/mol. The molecule has 2 bridgehead atoms. The van der Waals surface area contributed by atoms with Crippen molar-refractivity contribution in [1.29, 1.82) is 0 Å². The van der Waals surface area contributed by atoms with E-state index >= 15 is 0 Å². The molecule has 0 spiro atoms. The van der Waals surface area contributed by atoms with Gasteiger partial charge in [0, 0.05) is 29.2 Å². The first-order valence-electron chi connectivity index (χ1n) is 10.2. The van der Waals surface area contributed by atoms with E-state index in [9.17, 15) is 13.2 Å². The van der Waals surface area contributed by atoms with Gasteiger partial charge in [0.15, 0.2) is 0 Å². The summed E-state index contributed by atoms with van der Waals surface area (Å²) in [5, 5.41) is 3.25. The van der Waals surface area contributed by atoms with Crippen LogP contribution in [0.1, 0.15) is 50.4 Å². The van der Waals surface area contributed by atoms with Crippen LogP contribution >= 0.6 is 15.9 Å². The number of ether oxygens (including phenoxy) is 1. The van der Waals surface area contributed by atoms with Crippen molar-refractivity contribution in [3.8, 4) is 0 Å². The summed E-state index contributed by atoms with van der Waals surface area (Å²) < 4.78 is 33.3. The Balaban J connectivity index is 1.60. The Bertz CT molecular complexity index is 922. The number of carbonyl (C=O) groups excluding carboxylic acids is 1. The number of nitrogens with one attached hydrogen (secondary N) is 1. The molecule has 3 atom stereocenters. The minimum Gasteiger partial charge on any atom is -0.379 e. The fourth-order valence-corrected chi connectivity index (χ4v) is 8.00. The maximum absolute atomic E-state index is 13.1. The fourth-order valence-electron chi connectivity index (χ4n) is 5.65. The van der Waals surface area contributed by atoms with Gasteiger partial charge in [0.25, 0.3) is 5.91 Å². The molecule has 8 heteroatoms. The SMILES string of the molecule is CC12CCC(C1)C(C)(C)C2NC(=O)c1ccc(Br)c(S(=O)(=O)N2CCOCC2)c1. The quantitative estimate of drug-likeness (QED) is 0.710. The molecule has 4 rings (SSSR count). The molecule has 1 N–H and O–H groups in total. The zero-order chi connectivity index (χ0) is 21.0. The number of benzene rings is 1. The second kappa shape index (κ2) is 7.32. The first kappa shape index (κ1) is 21.3. The van der Waals surface area contributed by atoms with Gasteiger partial charge in [0.1, 0.15) is 0 Å². The predicted octanol–water partition coefficient (Wildman–Crippen LogP) is 3.41. The lowest BCUT2D eigenvalue weighted by atomic mass is 9.68. The molecule has 160 valence electrons. The number of carbonyl (C=O) groups is 1. The highest BCUT2D eigenvalue weighted by Gasteiger charge is 2.59. The van der Waals surface area contributed by atoms with Crippen LogP contribution in [0.25, 0.3) is 0 Å². The zero-order valence-electron chi connectivity index (χ0n) is 17.2. The van der Waals surface area contributed by atoms with Gasteiger partial charge in [-0.15, -0.1) is 0 Å². The Morgan fingerprint density at radius 3 is 2.55 bits per heavy atom. The predicted molar refractivity (Wildman–Crippen MR) is 114 cm³/mol. The monoisotopic (exact) mass is 484 g/mol. The molecule has 1 aliphatic heterocycles. The Morgan fingerprint density at radius 2 is 1.93 bits per heavy atom. The Morgan fingerprint density at radius 1 is 1.24 bits per heavy atom. The van der Waals surface area contributed by atoms with E-state index in [1.54, 1.807) is 12.1 Å². The van der Waals surface area contributed by atoms with Crippen LogP contribution in [0, 0.1) is 16.7 Å². The smallest absolute Gasteiger partial charge is 0.251 e. The molecule has 29 heavy (non-hydrogen) atoms. The Kier molecular flexibility index (Phi) is 5.37. The maximum atomic E-state index is 13.1. The van der Waals surface area contributed by atoms with Crippen LogP contribution in [0.4, 0.5) is 0 Å². The van der Waals surface area contributed by atoms with Crippen LogP contribution in [-0.2, 0) is 14.8 Å². The molecule has 3 fully saturated rings. The second-order valence-corrected chi connectivity index (χ2v) is 12.2. The molecule has 2 aliphatic carbocycles. The van der Waals surface area contributed by atoms with E-state index in [1.807, 2.05) is 0 Å². The van der Waals surface area contributed by atoms with Gasteiger partial charge in [0.05, 0.1) is 18.1 Å². The molecule has 3 aliphatic rings. The first-order chi connectivity index (χ1) is 13.6. The number of hydrogen-bond donors (Lipinski definition) is 1. The summed E-state index contributed by atoms with van der Waals surface area (Å²) in [6.45, 7) is 8.15. The molecular weight excluding hydrogens is 456 g/mol. The van der Waals surface area contributed by atoms with Gasteiger partial charge in [-0.2, -0.15) is 4.31 Å². The molecule has 1 aromatic rings. The number of fused-ring (bicyclic) bond motifs is 2. The van der Waals surface area contributed by atoms with Gasteiger partial charge >= 0.3 is 0 Å². The molecule has 1 amide bonds. The zero-order valence-corrected chi connectivity index (χ0v) is 19.6. The number of nitrogens with zero attached hydrogens (tertiary/aromatic N) is 1. The number of halogens is 1. The van der Waals surface area contributed by atoms with E-state index < -0.39 is 10.0 Å². The normalized spacial score (nSPS) is 31.7. The van der Waals surface area contributed by atoms with Crippen LogP contribution in [-0.4, -0.2) is 51.0 Å². The third-order valence-corrected chi connectivity index (χ3v) is 10.2. The van der Waals surface area contributed by atoms with E-state index in [4.69, 9.17) is 4.74 Å². The molecule has 1 heterocycles. The average Bonchev–Trinajstić information content (AvgIpc) is 3.17. The minimum absolute atomic E-state index is 0.0424. The molecule has 1 saturated heterocycles. The number of amides is 1.